The first-order valence-corrected chi connectivity index (χ1v) is 9.11. The van der Waals surface area contributed by atoms with Crippen molar-refractivity contribution in [2.24, 2.45) is 0 Å². The third-order valence-corrected chi connectivity index (χ3v) is 5.50. The van der Waals surface area contributed by atoms with Crippen molar-refractivity contribution in [2.75, 3.05) is 11.1 Å². The number of alkyl halides is 3. The number of nitrogens with zero attached hydrogens (tertiary/aromatic N) is 2. The van der Waals surface area contributed by atoms with Crippen LogP contribution in [0, 0.1) is 0 Å². The lowest BCUT2D eigenvalue weighted by Gasteiger charge is -2.10. The molecule has 2 heterocycles. The number of rotatable bonds is 4. The van der Waals surface area contributed by atoms with E-state index in [4.69, 9.17) is 5.73 Å². The number of nitrogen functional groups attached to an aromatic ring is 1. The quantitative estimate of drug-likeness (QED) is 0.627. The van der Waals surface area contributed by atoms with Gasteiger partial charge in [-0.15, -0.1) is 11.3 Å². The van der Waals surface area contributed by atoms with Crippen LogP contribution >= 0.6 is 11.3 Å². The minimum absolute atomic E-state index is 0.189. The van der Waals surface area contributed by atoms with Gasteiger partial charge >= 0.3 is 6.18 Å². The van der Waals surface area contributed by atoms with Crippen molar-refractivity contribution in [3.05, 3.63) is 34.7 Å². The number of fused-ring (bicyclic) bond motifs is 1. The van der Waals surface area contributed by atoms with Crippen molar-refractivity contribution in [1.29, 1.82) is 0 Å². The van der Waals surface area contributed by atoms with Gasteiger partial charge in [0.1, 0.15) is 4.83 Å². The van der Waals surface area contributed by atoms with E-state index in [2.05, 4.69) is 15.3 Å². The fourth-order valence-electron chi connectivity index (χ4n) is 2.78. The van der Waals surface area contributed by atoms with E-state index in [1.165, 1.54) is 19.1 Å². The van der Waals surface area contributed by atoms with Crippen LogP contribution in [0.15, 0.2) is 24.3 Å². The Kier molecular flexibility index (Phi) is 4.06. The van der Waals surface area contributed by atoms with Crippen LogP contribution in [0.2, 0.25) is 0 Å². The Morgan fingerprint density at radius 1 is 1.22 bits per heavy atom. The summed E-state index contributed by atoms with van der Waals surface area (Å²) in [7, 11) is 0. The zero-order valence-corrected chi connectivity index (χ0v) is 15.0. The van der Waals surface area contributed by atoms with Gasteiger partial charge in [-0.3, -0.25) is 4.79 Å². The summed E-state index contributed by atoms with van der Waals surface area (Å²) in [6, 6.07) is 5.02. The molecule has 1 aliphatic rings. The Bertz CT molecular complexity index is 1040. The molecule has 1 aromatic carbocycles. The predicted octanol–water partition coefficient (Wildman–Crippen LogP) is 4.74. The van der Waals surface area contributed by atoms with Crippen molar-refractivity contribution < 1.29 is 18.0 Å². The Hall–Kier alpha value is -2.68. The monoisotopic (exact) mass is 392 g/mol. The lowest BCUT2D eigenvalue weighted by molar-refractivity contribution is -0.137. The highest BCUT2D eigenvalue weighted by atomic mass is 32.1. The third-order valence-electron chi connectivity index (χ3n) is 4.30. The van der Waals surface area contributed by atoms with Crippen LogP contribution in [-0.2, 0) is 6.18 Å². The number of Topliss-reactive ketones (excluding diaryl/α,β-unsaturated/α-hetero) is 1. The molecule has 3 N–H and O–H groups in total. The van der Waals surface area contributed by atoms with Crippen molar-refractivity contribution in [1.82, 2.24) is 9.97 Å². The molecular formula is C18H15F3N4OS. The Labute approximate surface area is 156 Å². The molecule has 0 unspecified atom stereocenters. The first-order chi connectivity index (χ1) is 12.7. The van der Waals surface area contributed by atoms with Gasteiger partial charge in [0.05, 0.1) is 27.2 Å². The van der Waals surface area contributed by atoms with Crippen molar-refractivity contribution in [3.8, 4) is 11.3 Å². The van der Waals surface area contributed by atoms with Gasteiger partial charge in [-0.05, 0) is 25.0 Å². The van der Waals surface area contributed by atoms with E-state index in [1.807, 2.05) is 0 Å². The normalized spacial score (nSPS) is 14.5. The van der Waals surface area contributed by atoms with Crippen LogP contribution in [-0.4, -0.2) is 21.8 Å². The number of carbonyl (C=O) groups excluding carboxylic acids is 1. The maximum absolute atomic E-state index is 12.9. The summed E-state index contributed by atoms with van der Waals surface area (Å²) >= 11 is 1.16. The Balaban J connectivity index is 1.89. The molecule has 1 aliphatic carbocycles. The molecule has 0 bridgehead atoms. The number of benzene rings is 1. The zero-order valence-electron chi connectivity index (χ0n) is 14.2. The van der Waals surface area contributed by atoms with Crippen LogP contribution in [0.5, 0.6) is 0 Å². The summed E-state index contributed by atoms with van der Waals surface area (Å²) in [6.45, 7) is 1.41. The van der Waals surface area contributed by atoms with Gasteiger partial charge in [0.2, 0.25) is 5.95 Å². The number of thiophene rings is 1. The second kappa shape index (κ2) is 6.19. The number of nitrogens with one attached hydrogen (secondary N) is 1. The summed E-state index contributed by atoms with van der Waals surface area (Å²) in [6.07, 6.45) is -2.38. The van der Waals surface area contributed by atoms with Gasteiger partial charge < -0.3 is 11.1 Å². The number of halogens is 3. The van der Waals surface area contributed by atoms with Crippen LogP contribution in [0.1, 0.15) is 35.0 Å². The first kappa shape index (κ1) is 17.7. The SMILES string of the molecule is CC(=O)c1sc2nc(NC3CC3)nc(-c3ccc(C(F)(F)F)cc3)c2c1N. The lowest BCUT2D eigenvalue weighted by atomic mass is 10.1. The highest BCUT2D eigenvalue weighted by Gasteiger charge is 2.30. The number of hydrogen-bond donors (Lipinski definition) is 2. The third kappa shape index (κ3) is 3.34. The van der Waals surface area contributed by atoms with Crippen LogP contribution < -0.4 is 11.1 Å². The summed E-state index contributed by atoms with van der Waals surface area (Å²) in [5.74, 6) is 0.196. The molecular weight excluding hydrogens is 377 g/mol. The predicted molar refractivity (Wildman–Crippen MR) is 98.9 cm³/mol. The van der Waals surface area contributed by atoms with Gasteiger partial charge in [0.25, 0.3) is 0 Å². The van der Waals surface area contributed by atoms with E-state index in [9.17, 15) is 18.0 Å². The standard InChI is InChI=1S/C18H15F3N4OS/c1-8(26)15-13(22)12-14(9-2-4-10(5-3-9)18(19,20)21)24-17(23-11-6-7-11)25-16(12)27-15/h2-5,11H,6-7,22H2,1H3,(H,23,24,25). The van der Waals surface area contributed by atoms with Gasteiger partial charge in [-0.1, -0.05) is 12.1 Å². The van der Waals surface area contributed by atoms with E-state index in [-0.39, 0.29) is 11.5 Å². The van der Waals surface area contributed by atoms with Crippen molar-refractivity contribution >= 4 is 39.0 Å². The number of hydrogen-bond acceptors (Lipinski definition) is 6. The lowest BCUT2D eigenvalue weighted by Crippen LogP contribution is -2.07. The number of nitrogens with two attached hydrogens (primary N) is 1. The number of aromatic nitrogens is 2. The molecule has 0 spiro atoms. The molecule has 0 amide bonds. The number of carbonyl (C=O) groups is 1. The molecule has 4 rings (SSSR count). The van der Waals surface area contributed by atoms with E-state index >= 15 is 0 Å². The minimum atomic E-state index is -4.42. The highest BCUT2D eigenvalue weighted by Crippen LogP contribution is 2.40. The summed E-state index contributed by atoms with van der Waals surface area (Å²) in [5.41, 5.74) is 6.56. The largest absolute Gasteiger partial charge is 0.416 e. The number of anilines is 2. The molecule has 0 radical (unpaired) electrons. The summed E-state index contributed by atoms with van der Waals surface area (Å²) in [5, 5.41) is 3.68. The van der Waals surface area contributed by atoms with Crippen LogP contribution in [0.3, 0.4) is 0 Å². The number of ketones is 1. The summed E-state index contributed by atoms with van der Waals surface area (Å²) < 4.78 is 38.6. The first-order valence-electron chi connectivity index (χ1n) is 8.29. The Morgan fingerprint density at radius 3 is 2.44 bits per heavy atom. The van der Waals surface area contributed by atoms with E-state index in [0.717, 1.165) is 36.3 Å². The molecule has 0 aliphatic heterocycles. The van der Waals surface area contributed by atoms with Gasteiger partial charge in [0, 0.05) is 18.5 Å². The average Bonchev–Trinajstić information content (AvgIpc) is 3.35. The molecule has 3 aromatic rings. The molecule has 0 atom stereocenters. The topological polar surface area (TPSA) is 80.9 Å². The van der Waals surface area contributed by atoms with Crippen molar-refractivity contribution in [2.45, 2.75) is 32.0 Å². The van der Waals surface area contributed by atoms with Crippen LogP contribution in [0.25, 0.3) is 21.5 Å². The zero-order chi connectivity index (χ0) is 19.3. The second-order valence-corrected chi connectivity index (χ2v) is 7.47. The molecule has 9 heteroatoms. The summed E-state index contributed by atoms with van der Waals surface area (Å²) in [4.78, 5) is 21.7. The maximum Gasteiger partial charge on any atom is 0.416 e. The van der Waals surface area contributed by atoms with Gasteiger partial charge in [0.15, 0.2) is 5.78 Å². The Morgan fingerprint density at radius 2 is 1.89 bits per heavy atom. The fraction of sp³-hybridized carbons (Fsp3) is 0.278. The van der Waals surface area contributed by atoms with E-state index < -0.39 is 11.7 Å². The molecule has 0 saturated heterocycles. The molecule has 140 valence electrons. The van der Waals surface area contributed by atoms with Gasteiger partial charge in [-0.25, -0.2) is 9.97 Å². The molecule has 2 aromatic heterocycles. The van der Waals surface area contributed by atoms with E-state index in [1.54, 1.807) is 0 Å². The van der Waals surface area contributed by atoms with Gasteiger partial charge in [-0.2, -0.15) is 13.2 Å². The van der Waals surface area contributed by atoms with Crippen LogP contribution in [0.4, 0.5) is 24.8 Å². The second-order valence-electron chi connectivity index (χ2n) is 6.47. The molecule has 27 heavy (non-hydrogen) atoms. The fourth-order valence-corrected chi connectivity index (χ4v) is 3.77. The maximum atomic E-state index is 12.9. The molecule has 1 saturated carbocycles. The smallest absolute Gasteiger partial charge is 0.397 e. The molecule has 5 nitrogen and oxygen atoms in total. The molecule has 1 fully saturated rings. The highest BCUT2D eigenvalue weighted by molar-refractivity contribution is 7.21. The minimum Gasteiger partial charge on any atom is -0.397 e. The van der Waals surface area contributed by atoms with E-state index in [0.29, 0.717) is 38.3 Å². The van der Waals surface area contributed by atoms with Crippen molar-refractivity contribution in [3.63, 3.8) is 0 Å². The average molecular weight is 392 g/mol.